The highest BCUT2D eigenvalue weighted by Crippen LogP contribution is 2.18. The average Bonchev–Trinajstić information content (AvgIpc) is 2.40. The number of anilines is 1. The van der Waals surface area contributed by atoms with Gasteiger partial charge in [-0.05, 0) is 31.5 Å². The number of nitrogens with one attached hydrogen (secondary N) is 1. The molecule has 2 amide bonds. The van der Waals surface area contributed by atoms with Crippen molar-refractivity contribution in [3.8, 4) is 0 Å². The summed E-state index contributed by atoms with van der Waals surface area (Å²) in [6.45, 7) is 5.00. The maximum absolute atomic E-state index is 11.7. The van der Waals surface area contributed by atoms with Crippen LogP contribution in [-0.2, 0) is 14.3 Å². The van der Waals surface area contributed by atoms with Crippen LogP contribution < -0.4 is 11.1 Å². The Kier molecular flexibility index (Phi) is 6.69. The summed E-state index contributed by atoms with van der Waals surface area (Å²) in [5, 5.41) is 2.68. The molecule has 3 N–H and O–H groups in total. The van der Waals surface area contributed by atoms with E-state index in [0.29, 0.717) is 36.6 Å². The molecule has 0 saturated carbocycles. The maximum Gasteiger partial charge on any atom is 0.250 e. The lowest BCUT2D eigenvalue weighted by Gasteiger charge is -2.11. The molecule has 0 saturated heterocycles. The van der Waals surface area contributed by atoms with Crippen LogP contribution in [0.1, 0.15) is 22.8 Å². The monoisotopic (exact) mass is 280 g/mol. The molecule has 0 radical (unpaired) electrons. The lowest BCUT2D eigenvalue weighted by atomic mass is 10.1. The minimum atomic E-state index is -0.522. The summed E-state index contributed by atoms with van der Waals surface area (Å²) < 4.78 is 10.2. The first kappa shape index (κ1) is 16.1. The molecule has 1 aromatic rings. The number of primary amides is 1. The van der Waals surface area contributed by atoms with Crippen molar-refractivity contribution < 1.29 is 19.1 Å². The van der Waals surface area contributed by atoms with E-state index in [0.717, 1.165) is 0 Å². The van der Waals surface area contributed by atoms with Gasteiger partial charge in [0.25, 0.3) is 0 Å². The molecule has 1 aromatic carbocycles. The molecule has 110 valence electrons. The number of hydrogen-bond donors (Lipinski definition) is 2. The van der Waals surface area contributed by atoms with Crippen LogP contribution in [0.4, 0.5) is 5.69 Å². The van der Waals surface area contributed by atoms with Gasteiger partial charge in [0, 0.05) is 17.9 Å². The number of rotatable bonds is 8. The molecule has 0 atom stereocenters. The average molecular weight is 280 g/mol. The minimum absolute atomic E-state index is 0.0622. The third kappa shape index (κ3) is 4.99. The summed E-state index contributed by atoms with van der Waals surface area (Å²) in [7, 11) is 0. The molecule has 20 heavy (non-hydrogen) atoms. The van der Waals surface area contributed by atoms with Crippen molar-refractivity contribution in [3.63, 3.8) is 0 Å². The van der Waals surface area contributed by atoms with E-state index < -0.39 is 5.91 Å². The van der Waals surface area contributed by atoms with Gasteiger partial charge in [-0.25, -0.2) is 0 Å². The van der Waals surface area contributed by atoms with Gasteiger partial charge < -0.3 is 20.5 Å². The van der Waals surface area contributed by atoms with Gasteiger partial charge in [-0.2, -0.15) is 0 Å². The van der Waals surface area contributed by atoms with E-state index in [-0.39, 0.29) is 12.5 Å². The lowest BCUT2D eigenvalue weighted by Crippen LogP contribution is -2.21. The first-order chi connectivity index (χ1) is 9.56. The molecule has 1 rings (SSSR count). The highest BCUT2D eigenvalue weighted by molar-refractivity contribution is 5.98. The van der Waals surface area contributed by atoms with Crippen LogP contribution in [0.2, 0.25) is 0 Å². The van der Waals surface area contributed by atoms with E-state index >= 15 is 0 Å². The molecule has 0 heterocycles. The number of nitrogens with two attached hydrogens (primary N) is 1. The summed E-state index contributed by atoms with van der Waals surface area (Å²) in [6.07, 6.45) is 0. The Morgan fingerprint density at radius 1 is 1.25 bits per heavy atom. The fraction of sp³-hybridized carbons (Fsp3) is 0.429. The van der Waals surface area contributed by atoms with Crippen molar-refractivity contribution in [2.75, 3.05) is 31.7 Å². The number of carbonyl (C=O) groups excluding carboxylic acids is 2. The smallest absolute Gasteiger partial charge is 0.250 e. The van der Waals surface area contributed by atoms with Crippen molar-refractivity contribution >= 4 is 17.5 Å². The zero-order valence-electron chi connectivity index (χ0n) is 11.8. The Morgan fingerprint density at radius 2 is 1.95 bits per heavy atom. The fourth-order valence-corrected chi connectivity index (χ4v) is 1.65. The SMILES string of the molecule is CCOCCOCC(=O)Nc1cccc(C(N)=O)c1C. The van der Waals surface area contributed by atoms with Gasteiger partial charge in [-0.3, -0.25) is 9.59 Å². The second-order valence-electron chi connectivity index (χ2n) is 4.14. The molecule has 6 nitrogen and oxygen atoms in total. The van der Waals surface area contributed by atoms with E-state index in [2.05, 4.69) is 5.32 Å². The number of amides is 2. The molecule has 0 fully saturated rings. The molecule has 0 unspecified atom stereocenters. The lowest BCUT2D eigenvalue weighted by molar-refractivity contribution is -0.121. The van der Waals surface area contributed by atoms with Crippen LogP contribution in [0.5, 0.6) is 0 Å². The molecule has 0 aliphatic rings. The predicted molar refractivity (Wildman–Crippen MR) is 75.6 cm³/mol. The largest absolute Gasteiger partial charge is 0.379 e. The van der Waals surface area contributed by atoms with E-state index in [1.54, 1.807) is 25.1 Å². The quantitative estimate of drug-likeness (QED) is 0.697. The molecule has 0 aliphatic carbocycles. The van der Waals surface area contributed by atoms with Gasteiger partial charge in [-0.1, -0.05) is 6.07 Å². The molecule has 0 aromatic heterocycles. The second-order valence-corrected chi connectivity index (χ2v) is 4.14. The normalized spacial score (nSPS) is 10.3. The van der Waals surface area contributed by atoms with Gasteiger partial charge in [0.05, 0.1) is 13.2 Å². The summed E-state index contributed by atoms with van der Waals surface area (Å²) in [5.74, 6) is -0.808. The van der Waals surface area contributed by atoms with Gasteiger partial charge in [0.15, 0.2) is 0 Å². The van der Waals surface area contributed by atoms with Crippen LogP contribution in [0, 0.1) is 6.92 Å². The highest BCUT2D eigenvalue weighted by Gasteiger charge is 2.10. The van der Waals surface area contributed by atoms with Crippen LogP contribution >= 0.6 is 0 Å². The van der Waals surface area contributed by atoms with Crippen molar-refractivity contribution in [2.24, 2.45) is 5.73 Å². The topological polar surface area (TPSA) is 90.7 Å². The standard InChI is InChI=1S/C14H20N2O4/c1-3-19-7-8-20-9-13(17)16-12-6-4-5-11(10(12)2)14(15)18/h4-6H,3,7-9H2,1-2H3,(H2,15,18)(H,16,17). The van der Waals surface area contributed by atoms with Crippen molar-refractivity contribution in [1.82, 2.24) is 0 Å². The van der Waals surface area contributed by atoms with Gasteiger partial charge in [0.2, 0.25) is 11.8 Å². The Bertz CT molecular complexity index is 474. The maximum atomic E-state index is 11.7. The zero-order valence-corrected chi connectivity index (χ0v) is 11.8. The number of hydrogen-bond acceptors (Lipinski definition) is 4. The van der Waals surface area contributed by atoms with Gasteiger partial charge in [-0.15, -0.1) is 0 Å². The first-order valence-corrected chi connectivity index (χ1v) is 6.41. The van der Waals surface area contributed by atoms with Gasteiger partial charge >= 0.3 is 0 Å². The summed E-state index contributed by atoms with van der Waals surface area (Å²) >= 11 is 0. The molecule has 0 aliphatic heterocycles. The van der Waals surface area contributed by atoms with E-state index in [4.69, 9.17) is 15.2 Å². The zero-order chi connectivity index (χ0) is 15.0. The van der Waals surface area contributed by atoms with E-state index in [9.17, 15) is 9.59 Å². The van der Waals surface area contributed by atoms with Crippen molar-refractivity contribution in [2.45, 2.75) is 13.8 Å². The van der Waals surface area contributed by atoms with Crippen LogP contribution in [0.15, 0.2) is 18.2 Å². The first-order valence-electron chi connectivity index (χ1n) is 6.41. The Morgan fingerprint density at radius 3 is 2.60 bits per heavy atom. The fourth-order valence-electron chi connectivity index (χ4n) is 1.65. The Labute approximate surface area is 118 Å². The summed E-state index contributed by atoms with van der Waals surface area (Å²) in [6, 6.07) is 4.99. The molecular formula is C14H20N2O4. The molecule has 6 heteroatoms. The Balaban J connectivity index is 2.50. The predicted octanol–water partition coefficient (Wildman–Crippen LogP) is 1.09. The number of carbonyl (C=O) groups is 2. The minimum Gasteiger partial charge on any atom is -0.379 e. The number of benzene rings is 1. The van der Waals surface area contributed by atoms with E-state index in [1.807, 2.05) is 6.92 Å². The molecular weight excluding hydrogens is 260 g/mol. The van der Waals surface area contributed by atoms with Crippen molar-refractivity contribution in [1.29, 1.82) is 0 Å². The van der Waals surface area contributed by atoms with E-state index in [1.165, 1.54) is 0 Å². The second kappa shape index (κ2) is 8.29. The van der Waals surface area contributed by atoms with Gasteiger partial charge in [0.1, 0.15) is 6.61 Å². The van der Waals surface area contributed by atoms with Crippen molar-refractivity contribution in [3.05, 3.63) is 29.3 Å². The third-order valence-corrected chi connectivity index (χ3v) is 2.68. The van der Waals surface area contributed by atoms with Crippen LogP contribution in [0.25, 0.3) is 0 Å². The van der Waals surface area contributed by atoms with Crippen LogP contribution in [-0.4, -0.2) is 38.2 Å². The molecule has 0 spiro atoms. The summed E-state index contributed by atoms with van der Waals surface area (Å²) in [5.41, 5.74) is 6.84. The highest BCUT2D eigenvalue weighted by atomic mass is 16.5. The summed E-state index contributed by atoms with van der Waals surface area (Å²) in [4.78, 5) is 22.9. The molecule has 0 bridgehead atoms. The Hall–Kier alpha value is -1.92. The number of ether oxygens (including phenoxy) is 2. The third-order valence-electron chi connectivity index (χ3n) is 2.68. The van der Waals surface area contributed by atoms with Crippen LogP contribution in [0.3, 0.4) is 0 Å².